The molecule has 0 bridgehead atoms. The number of hydrogen-bond donors (Lipinski definition) is 1. The molecule has 2 aliphatic heterocycles. The fraction of sp³-hybridized carbons (Fsp3) is 0.400. The maximum Gasteiger partial charge on any atom is 0.257 e. The lowest BCUT2D eigenvalue weighted by molar-refractivity contribution is 0.102. The molecule has 9 nitrogen and oxygen atoms in total. The van der Waals surface area contributed by atoms with Crippen LogP contribution in [0.2, 0.25) is 0 Å². The summed E-state index contributed by atoms with van der Waals surface area (Å²) in [7, 11) is -3.66. The van der Waals surface area contributed by atoms with Crippen LogP contribution in [0.1, 0.15) is 48.9 Å². The maximum absolute atomic E-state index is 13.5. The normalized spacial score (nSPS) is 17.3. The molecule has 1 aromatic carbocycles. The van der Waals surface area contributed by atoms with E-state index < -0.39 is 10.0 Å². The monoisotopic (exact) mass is 494 g/mol. The van der Waals surface area contributed by atoms with Crippen molar-refractivity contribution in [2.24, 2.45) is 0 Å². The van der Waals surface area contributed by atoms with Crippen LogP contribution in [-0.2, 0) is 10.0 Å². The lowest BCUT2D eigenvalue weighted by Crippen LogP contribution is -2.36. The van der Waals surface area contributed by atoms with Gasteiger partial charge in [0.1, 0.15) is 12.1 Å². The number of piperidine rings is 2. The van der Waals surface area contributed by atoms with Crippen molar-refractivity contribution in [3.05, 3.63) is 60.8 Å². The van der Waals surface area contributed by atoms with E-state index in [2.05, 4.69) is 20.2 Å². The molecule has 2 saturated heterocycles. The van der Waals surface area contributed by atoms with Crippen LogP contribution in [0.3, 0.4) is 0 Å². The van der Waals surface area contributed by atoms with E-state index in [1.165, 1.54) is 10.4 Å². The molecule has 184 valence electrons. The predicted octanol–water partition coefficient (Wildman–Crippen LogP) is 3.68. The molecule has 1 amide bonds. The third kappa shape index (κ3) is 5.08. The van der Waals surface area contributed by atoms with Crippen molar-refractivity contribution in [3.8, 4) is 5.82 Å². The van der Waals surface area contributed by atoms with Crippen LogP contribution >= 0.6 is 0 Å². The number of amides is 1. The molecule has 2 aliphatic rings. The Balaban J connectivity index is 1.44. The van der Waals surface area contributed by atoms with Crippen LogP contribution in [0.25, 0.3) is 5.82 Å². The number of benzene rings is 1. The van der Waals surface area contributed by atoms with Gasteiger partial charge < -0.3 is 10.2 Å². The molecular formula is C25H30N6O3S. The van der Waals surface area contributed by atoms with Gasteiger partial charge in [0.15, 0.2) is 0 Å². The summed E-state index contributed by atoms with van der Waals surface area (Å²) in [6.07, 6.45) is 12.7. The van der Waals surface area contributed by atoms with Gasteiger partial charge in [0.25, 0.3) is 5.91 Å². The average molecular weight is 495 g/mol. The summed E-state index contributed by atoms with van der Waals surface area (Å²) >= 11 is 0. The lowest BCUT2D eigenvalue weighted by atomic mass is 10.1. The second-order valence-electron chi connectivity index (χ2n) is 9.02. The molecule has 0 unspecified atom stereocenters. The molecule has 0 radical (unpaired) electrons. The third-order valence-corrected chi connectivity index (χ3v) is 8.53. The maximum atomic E-state index is 13.5. The number of hydrogen-bond acceptors (Lipinski definition) is 6. The van der Waals surface area contributed by atoms with Crippen LogP contribution in [0.15, 0.2) is 60.1 Å². The number of carbonyl (C=O) groups excluding carboxylic acids is 1. The highest BCUT2D eigenvalue weighted by atomic mass is 32.2. The first-order valence-corrected chi connectivity index (χ1v) is 13.6. The van der Waals surface area contributed by atoms with E-state index in [0.717, 1.165) is 57.3 Å². The molecule has 0 spiro atoms. The number of imidazole rings is 1. The number of pyridine rings is 1. The first kappa shape index (κ1) is 23.5. The number of rotatable bonds is 6. The highest BCUT2D eigenvalue weighted by Gasteiger charge is 2.28. The van der Waals surface area contributed by atoms with Gasteiger partial charge in [0.05, 0.1) is 22.3 Å². The van der Waals surface area contributed by atoms with Gasteiger partial charge in [-0.2, -0.15) is 4.31 Å². The van der Waals surface area contributed by atoms with Gasteiger partial charge in [-0.15, -0.1) is 0 Å². The first-order valence-electron chi connectivity index (χ1n) is 12.2. The van der Waals surface area contributed by atoms with E-state index in [4.69, 9.17) is 0 Å². The number of sulfonamides is 1. The van der Waals surface area contributed by atoms with Crippen LogP contribution in [0, 0.1) is 0 Å². The van der Waals surface area contributed by atoms with Crippen molar-refractivity contribution in [2.75, 3.05) is 36.4 Å². The minimum Gasteiger partial charge on any atom is -0.371 e. The smallest absolute Gasteiger partial charge is 0.257 e. The second-order valence-corrected chi connectivity index (χ2v) is 11.0. The highest BCUT2D eigenvalue weighted by Crippen LogP contribution is 2.30. The van der Waals surface area contributed by atoms with E-state index in [-0.39, 0.29) is 10.8 Å². The third-order valence-electron chi connectivity index (χ3n) is 6.64. The van der Waals surface area contributed by atoms with Gasteiger partial charge in [0, 0.05) is 44.3 Å². The molecule has 35 heavy (non-hydrogen) atoms. The highest BCUT2D eigenvalue weighted by molar-refractivity contribution is 7.89. The standard InChI is InChI=1S/C25H30N6O3S/c32-25(28-20-7-10-24(27-18-20)30-16-11-26-19-30)22-17-21(35(33,34)31-14-5-2-6-15-31)8-9-23(22)29-12-3-1-4-13-29/h7-11,16-19H,1-6,12-15H2,(H,28,32). The van der Waals surface area contributed by atoms with E-state index in [1.54, 1.807) is 53.8 Å². The van der Waals surface area contributed by atoms with Crippen molar-refractivity contribution in [1.29, 1.82) is 0 Å². The fourth-order valence-corrected chi connectivity index (χ4v) is 6.27. The summed E-state index contributed by atoms with van der Waals surface area (Å²) in [5.41, 5.74) is 1.67. The lowest BCUT2D eigenvalue weighted by Gasteiger charge is -2.31. The molecule has 2 aromatic heterocycles. The summed E-state index contributed by atoms with van der Waals surface area (Å²) < 4.78 is 29.9. The molecule has 1 N–H and O–H groups in total. The summed E-state index contributed by atoms with van der Waals surface area (Å²) in [6, 6.07) is 8.54. The first-order chi connectivity index (χ1) is 17.0. The van der Waals surface area contributed by atoms with Crippen LogP contribution in [0.5, 0.6) is 0 Å². The molecular weight excluding hydrogens is 464 g/mol. The molecule has 5 rings (SSSR count). The minimum atomic E-state index is -3.66. The Kier molecular flexibility index (Phi) is 6.83. The Hall–Kier alpha value is -3.24. The van der Waals surface area contributed by atoms with Crippen molar-refractivity contribution in [1.82, 2.24) is 18.8 Å². The van der Waals surface area contributed by atoms with E-state index in [1.807, 2.05) is 0 Å². The minimum absolute atomic E-state index is 0.166. The number of nitrogens with zero attached hydrogens (tertiary/aromatic N) is 5. The van der Waals surface area contributed by atoms with Gasteiger partial charge >= 0.3 is 0 Å². The Labute approximate surface area is 205 Å². The second kappa shape index (κ2) is 10.2. The van der Waals surface area contributed by atoms with Crippen molar-refractivity contribution in [3.63, 3.8) is 0 Å². The molecule has 10 heteroatoms. The fourth-order valence-electron chi connectivity index (χ4n) is 4.73. The van der Waals surface area contributed by atoms with Gasteiger partial charge in [-0.1, -0.05) is 6.42 Å². The zero-order chi connectivity index (χ0) is 24.3. The number of carbonyl (C=O) groups is 1. The zero-order valence-corrected chi connectivity index (χ0v) is 20.5. The molecule has 3 aromatic rings. The van der Waals surface area contributed by atoms with Gasteiger partial charge in [-0.05, 0) is 62.4 Å². The van der Waals surface area contributed by atoms with E-state index in [9.17, 15) is 13.2 Å². The van der Waals surface area contributed by atoms with Gasteiger partial charge in [0.2, 0.25) is 10.0 Å². The van der Waals surface area contributed by atoms with E-state index >= 15 is 0 Å². The Morgan fingerprint density at radius 2 is 1.66 bits per heavy atom. The van der Waals surface area contributed by atoms with Crippen LogP contribution in [0.4, 0.5) is 11.4 Å². The Bertz CT molecular complexity index is 1260. The van der Waals surface area contributed by atoms with Crippen LogP contribution in [-0.4, -0.2) is 59.3 Å². The topological polar surface area (TPSA) is 100 Å². The van der Waals surface area contributed by atoms with Gasteiger partial charge in [-0.3, -0.25) is 9.36 Å². The predicted molar refractivity (Wildman–Crippen MR) is 134 cm³/mol. The largest absolute Gasteiger partial charge is 0.371 e. The number of aromatic nitrogens is 3. The molecule has 0 aliphatic carbocycles. The molecule has 4 heterocycles. The zero-order valence-electron chi connectivity index (χ0n) is 19.6. The number of nitrogens with one attached hydrogen (secondary N) is 1. The van der Waals surface area contributed by atoms with Gasteiger partial charge in [-0.25, -0.2) is 18.4 Å². The SMILES string of the molecule is O=C(Nc1ccc(-n2ccnc2)nc1)c1cc(S(=O)(=O)N2CCCCC2)ccc1N1CCCCC1. The van der Waals surface area contributed by atoms with Crippen molar-refractivity contribution in [2.45, 2.75) is 43.4 Å². The summed E-state index contributed by atoms with van der Waals surface area (Å²) in [4.78, 5) is 24.2. The number of anilines is 2. The van der Waals surface area contributed by atoms with E-state index in [0.29, 0.717) is 30.2 Å². The Morgan fingerprint density at radius 3 is 2.31 bits per heavy atom. The summed E-state index contributed by atoms with van der Waals surface area (Å²) in [6.45, 7) is 2.73. The van der Waals surface area contributed by atoms with Crippen molar-refractivity contribution < 1.29 is 13.2 Å². The van der Waals surface area contributed by atoms with Crippen molar-refractivity contribution >= 4 is 27.3 Å². The summed E-state index contributed by atoms with van der Waals surface area (Å²) in [5, 5.41) is 2.91. The Morgan fingerprint density at radius 1 is 0.914 bits per heavy atom. The average Bonchev–Trinajstić information content (AvgIpc) is 3.45. The molecule has 0 saturated carbocycles. The quantitative estimate of drug-likeness (QED) is 0.561. The van der Waals surface area contributed by atoms with Crippen LogP contribution < -0.4 is 10.2 Å². The molecule has 0 atom stereocenters. The summed E-state index contributed by atoms with van der Waals surface area (Å²) in [5.74, 6) is 0.336. The molecule has 2 fully saturated rings.